The molecule has 0 amide bonds. The number of hydrogen-bond donors (Lipinski definition) is 3. The fourth-order valence-electron chi connectivity index (χ4n) is 3.28. The Hall–Kier alpha value is -2.13. The van der Waals surface area contributed by atoms with Crippen molar-refractivity contribution in [2.75, 3.05) is 4.90 Å². The average molecular weight is 336 g/mol. The zero-order chi connectivity index (χ0) is 16.7. The molecule has 1 aliphatic heterocycles. The summed E-state index contributed by atoms with van der Waals surface area (Å²) in [4.78, 5) is 10.5. The SMILES string of the molecule is NC1=NC2(CCCCC2)N(c2ccc(S(N)(=O)=O)cc2)C(N)=N1. The summed E-state index contributed by atoms with van der Waals surface area (Å²) in [6.07, 6.45) is 4.83. The maximum atomic E-state index is 11.4. The second-order valence-corrected chi connectivity index (χ2v) is 7.42. The third kappa shape index (κ3) is 2.89. The van der Waals surface area contributed by atoms with Crippen LogP contribution in [-0.4, -0.2) is 26.0 Å². The highest BCUT2D eigenvalue weighted by Crippen LogP contribution is 2.39. The quantitative estimate of drug-likeness (QED) is 0.719. The summed E-state index contributed by atoms with van der Waals surface area (Å²) in [7, 11) is -3.73. The molecule has 1 fully saturated rings. The molecule has 1 aromatic carbocycles. The van der Waals surface area contributed by atoms with Gasteiger partial charge in [-0.3, -0.25) is 4.90 Å². The van der Waals surface area contributed by atoms with Crippen LogP contribution in [0.25, 0.3) is 0 Å². The molecule has 23 heavy (non-hydrogen) atoms. The molecule has 2 aliphatic rings. The van der Waals surface area contributed by atoms with E-state index in [-0.39, 0.29) is 16.8 Å². The minimum Gasteiger partial charge on any atom is -0.369 e. The number of aliphatic imine (C=N–C) groups is 2. The predicted octanol–water partition coefficient (Wildman–Crippen LogP) is 0.444. The van der Waals surface area contributed by atoms with Crippen LogP contribution in [0.5, 0.6) is 0 Å². The number of primary sulfonamides is 1. The first-order valence-electron chi connectivity index (χ1n) is 7.44. The molecule has 3 rings (SSSR count). The predicted molar refractivity (Wildman–Crippen MR) is 89.4 cm³/mol. The Labute approximate surface area is 135 Å². The first kappa shape index (κ1) is 15.8. The van der Waals surface area contributed by atoms with Gasteiger partial charge in [0.1, 0.15) is 5.66 Å². The Kier molecular flexibility index (Phi) is 3.77. The largest absolute Gasteiger partial charge is 0.369 e. The molecule has 1 saturated carbocycles. The topological polar surface area (TPSA) is 140 Å². The molecule has 0 atom stereocenters. The number of nitrogens with zero attached hydrogens (tertiary/aromatic N) is 3. The fraction of sp³-hybridized carbons (Fsp3) is 0.429. The van der Waals surface area contributed by atoms with E-state index in [1.807, 2.05) is 4.90 Å². The molecule has 124 valence electrons. The van der Waals surface area contributed by atoms with Gasteiger partial charge in [-0.15, -0.1) is 0 Å². The number of rotatable bonds is 2. The molecule has 0 bridgehead atoms. The smallest absolute Gasteiger partial charge is 0.238 e. The highest BCUT2D eigenvalue weighted by atomic mass is 32.2. The zero-order valence-corrected chi connectivity index (χ0v) is 13.5. The Bertz CT molecular complexity index is 763. The molecule has 8 nitrogen and oxygen atoms in total. The second kappa shape index (κ2) is 5.50. The lowest BCUT2D eigenvalue weighted by atomic mass is 9.87. The Morgan fingerprint density at radius 3 is 2.22 bits per heavy atom. The molecule has 0 saturated heterocycles. The van der Waals surface area contributed by atoms with Gasteiger partial charge >= 0.3 is 0 Å². The molecular formula is C14H20N6O2S. The van der Waals surface area contributed by atoms with Crippen molar-refractivity contribution in [3.8, 4) is 0 Å². The van der Waals surface area contributed by atoms with Gasteiger partial charge in [0, 0.05) is 5.69 Å². The molecule has 0 radical (unpaired) electrons. The number of sulfonamides is 1. The standard InChI is InChI=1S/C14H20N6O2S/c15-12-18-13(16)20(14(19-12)8-2-1-3-9-14)10-4-6-11(7-5-10)23(17,21)22/h4-7H,1-3,8-9H2,(H2,17,21,22)(H4,15,16,18,19). The van der Waals surface area contributed by atoms with Crippen molar-refractivity contribution in [2.45, 2.75) is 42.7 Å². The first-order chi connectivity index (χ1) is 10.8. The van der Waals surface area contributed by atoms with Crippen molar-refractivity contribution in [2.24, 2.45) is 26.6 Å². The zero-order valence-electron chi connectivity index (χ0n) is 12.6. The minimum atomic E-state index is -3.73. The van der Waals surface area contributed by atoms with Crippen molar-refractivity contribution in [3.63, 3.8) is 0 Å². The lowest BCUT2D eigenvalue weighted by molar-refractivity contribution is 0.305. The van der Waals surface area contributed by atoms with E-state index in [9.17, 15) is 8.42 Å². The Balaban J connectivity index is 2.03. The summed E-state index contributed by atoms with van der Waals surface area (Å²) in [6.45, 7) is 0. The van der Waals surface area contributed by atoms with Crippen molar-refractivity contribution < 1.29 is 8.42 Å². The van der Waals surface area contributed by atoms with Crippen LogP contribution in [0.2, 0.25) is 0 Å². The number of hydrogen-bond acceptors (Lipinski definition) is 7. The van der Waals surface area contributed by atoms with Crippen molar-refractivity contribution in [3.05, 3.63) is 24.3 Å². The van der Waals surface area contributed by atoms with Gasteiger partial charge in [0.2, 0.25) is 21.9 Å². The van der Waals surface area contributed by atoms with E-state index >= 15 is 0 Å². The van der Waals surface area contributed by atoms with Crippen LogP contribution in [0.15, 0.2) is 39.1 Å². The van der Waals surface area contributed by atoms with Gasteiger partial charge in [-0.25, -0.2) is 18.5 Å². The van der Waals surface area contributed by atoms with Gasteiger partial charge in [0.05, 0.1) is 4.90 Å². The molecule has 0 aromatic heterocycles. The van der Waals surface area contributed by atoms with E-state index in [1.54, 1.807) is 12.1 Å². The molecule has 9 heteroatoms. The molecule has 0 unspecified atom stereocenters. The maximum absolute atomic E-state index is 11.4. The van der Waals surface area contributed by atoms with Crippen LogP contribution in [0, 0.1) is 0 Å². The molecule has 1 aliphatic carbocycles. The van der Waals surface area contributed by atoms with Crippen LogP contribution in [0.3, 0.4) is 0 Å². The third-order valence-electron chi connectivity index (χ3n) is 4.27. The molecule has 1 heterocycles. The summed E-state index contributed by atoms with van der Waals surface area (Å²) < 4.78 is 22.8. The van der Waals surface area contributed by atoms with E-state index in [0.29, 0.717) is 0 Å². The van der Waals surface area contributed by atoms with Gasteiger partial charge < -0.3 is 11.5 Å². The monoisotopic (exact) mass is 336 g/mol. The second-order valence-electron chi connectivity index (χ2n) is 5.86. The van der Waals surface area contributed by atoms with Gasteiger partial charge in [-0.2, -0.15) is 4.99 Å². The highest BCUT2D eigenvalue weighted by molar-refractivity contribution is 7.89. The van der Waals surface area contributed by atoms with Crippen molar-refractivity contribution in [1.82, 2.24) is 0 Å². The van der Waals surface area contributed by atoms with E-state index < -0.39 is 15.7 Å². The molecule has 1 spiro atoms. The minimum absolute atomic E-state index is 0.0504. The number of nitrogens with two attached hydrogens (primary N) is 3. The van der Waals surface area contributed by atoms with Crippen LogP contribution in [0.1, 0.15) is 32.1 Å². The van der Waals surface area contributed by atoms with E-state index in [1.165, 1.54) is 12.1 Å². The van der Waals surface area contributed by atoms with Crippen LogP contribution in [-0.2, 0) is 10.0 Å². The summed E-state index contributed by atoms with van der Waals surface area (Å²) in [6, 6.07) is 6.23. The average Bonchev–Trinajstić information content (AvgIpc) is 2.46. The molecular weight excluding hydrogens is 316 g/mol. The van der Waals surface area contributed by atoms with E-state index in [2.05, 4.69) is 9.98 Å². The van der Waals surface area contributed by atoms with E-state index in [0.717, 1.165) is 37.8 Å². The molecule has 1 aromatic rings. The van der Waals surface area contributed by atoms with Crippen molar-refractivity contribution >= 4 is 27.6 Å². The molecule has 6 N–H and O–H groups in total. The van der Waals surface area contributed by atoms with Crippen LogP contribution >= 0.6 is 0 Å². The number of guanidine groups is 2. The van der Waals surface area contributed by atoms with Crippen LogP contribution in [0.4, 0.5) is 5.69 Å². The summed E-state index contributed by atoms with van der Waals surface area (Å²) in [5.41, 5.74) is 12.1. The summed E-state index contributed by atoms with van der Waals surface area (Å²) in [5.74, 6) is 0.449. The van der Waals surface area contributed by atoms with E-state index in [4.69, 9.17) is 16.6 Å². The maximum Gasteiger partial charge on any atom is 0.238 e. The van der Waals surface area contributed by atoms with Crippen molar-refractivity contribution in [1.29, 1.82) is 0 Å². The fourth-order valence-corrected chi connectivity index (χ4v) is 3.80. The Morgan fingerprint density at radius 1 is 1.04 bits per heavy atom. The first-order valence-corrected chi connectivity index (χ1v) is 8.99. The third-order valence-corrected chi connectivity index (χ3v) is 5.20. The summed E-state index contributed by atoms with van der Waals surface area (Å²) in [5, 5.41) is 5.14. The highest BCUT2D eigenvalue weighted by Gasteiger charge is 2.42. The summed E-state index contributed by atoms with van der Waals surface area (Å²) >= 11 is 0. The lowest BCUT2D eigenvalue weighted by Gasteiger charge is -2.45. The lowest BCUT2D eigenvalue weighted by Crippen LogP contribution is -2.58. The normalized spacial score (nSPS) is 21.0. The van der Waals surface area contributed by atoms with Gasteiger partial charge in [0.15, 0.2) is 0 Å². The Morgan fingerprint density at radius 2 is 1.65 bits per heavy atom. The van der Waals surface area contributed by atoms with Crippen LogP contribution < -0.4 is 21.5 Å². The van der Waals surface area contributed by atoms with Gasteiger partial charge in [-0.05, 0) is 49.9 Å². The van der Waals surface area contributed by atoms with Gasteiger partial charge in [0.25, 0.3) is 0 Å². The number of anilines is 1. The number of benzene rings is 1. The van der Waals surface area contributed by atoms with Gasteiger partial charge in [-0.1, -0.05) is 6.42 Å².